The normalized spacial score (nSPS) is 13.4. The Balaban J connectivity index is 1.36. The first-order valence-corrected chi connectivity index (χ1v) is 21.6. The van der Waals surface area contributed by atoms with Gasteiger partial charge in [0.1, 0.15) is 0 Å². The molecule has 0 aliphatic carbocycles. The van der Waals surface area contributed by atoms with Gasteiger partial charge in [0.25, 0.3) is 0 Å². The third kappa shape index (κ3) is 4.88. The van der Waals surface area contributed by atoms with E-state index in [1.807, 2.05) is 0 Å². The molecule has 0 atom stereocenters. The second kappa shape index (κ2) is 11.9. The number of rotatable bonds is 2. The zero-order valence-electron chi connectivity index (χ0n) is 36.8. The van der Waals surface area contributed by atoms with Crippen LogP contribution in [0.1, 0.15) is 86.1 Å². The van der Waals surface area contributed by atoms with E-state index in [2.05, 4.69) is 195 Å². The van der Waals surface area contributed by atoms with Gasteiger partial charge in [0.2, 0.25) is 0 Å². The summed E-state index contributed by atoms with van der Waals surface area (Å²) in [5.41, 5.74) is 28.2. The average molecular weight is 765 g/mol. The fourth-order valence-corrected chi connectivity index (χ4v) is 11.4. The molecular weight excluding hydrogens is 711 g/mol. The Hall–Kier alpha value is -5.80. The van der Waals surface area contributed by atoms with E-state index in [-0.39, 0.29) is 17.7 Å². The minimum Gasteiger partial charge on any atom is -0.375 e. The zero-order chi connectivity index (χ0) is 41.2. The van der Waals surface area contributed by atoms with Gasteiger partial charge in [-0.05, 0) is 178 Å². The first-order valence-electron chi connectivity index (χ1n) is 21.6. The van der Waals surface area contributed by atoms with Crippen LogP contribution in [-0.2, 0) is 10.8 Å². The monoisotopic (exact) mass is 764 g/mol. The minimum absolute atomic E-state index is 0.00638. The maximum Gasteiger partial charge on any atom is 0.333 e. The van der Waals surface area contributed by atoms with Crippen molar-refractivity contribution in [1.29, 1.82) is 0 Å². The Labute approximate surface area is 349 Å². The molecule has 0 spiro atoms. The minimum atomic E-state index is -0.0341. The van der Waals surface area contributed by atoms with Gasteiger partial charge < -0.3 is 9.05 Å². The number of aromatic nitrogens is 2. The highest BCUT2D eigenvalue weighted by molar-refractivity contribution is 6.90. The van der Waals surface area contributed by atoms with Crippen LogP contribution in [0.5, 0.6) is 0 Å². The van der Waals surface area contributed by atoms with Crippen LogP contribution < -0.4 is 10.9 Å². The van der Waals surface area contributed by atoms with Crippen molar-refractivity contribution in [3.63, 3.8) is 0 Å². The van der Waals surface area contributed by atoms with Crippen molar-refractivity contribution in [3.05, 3.63) is 148 Å². The molecular formula is C56H53BN2. The highest BCUT2D eigenvalue weighted by Crippen LogP contribution is 2.48. The molecule has 290 valence electrons. The SMILES string of the molecule is Cc1cccc(C)c1-c1ccc2c(c1)c1cc(-c3c(C)cccc3C)cc3c1n2B1c2c-3c(C)cc(C)c2-n2c3ccc(C(C)(C)C)cc3c3cc(C(C)(C)C)cc1c32. The molecule has 2 nitrogen and oxygen atoms in total. The number of benzene rings is 7. The summed E-state index contributed by atoms with van der Waals surface area (Å²) in [6.07, 6.45) is 0. The van der Waals surface area contributed by atoms with E-state index in [4.69, 9.17) is 0 Å². The van der Waals surface area contributed by atoms with Crippen molar-refractivity contribution in [2.45, 2.75) is 93.9 Å². The Morgan fingerprint density at radius 3 is 1.64 bits per heavy atom. The molecule has 59 heavy (non-hydrogen) atoms. The van der Waals surface area contributed by atoms with Crippen LogP contribution in [0.4, 0.5) is 0 Å². The van der Waals surface area contributed by atoms with Crippen molar-refractivity contribution < 1.29 is 0 Å². The summed E-state index contributed by atoms with van der Waals surface area (Å²) in [4.78, 5) is 0. The summed E-state index contributed by atoms with van der Waals surface area (Å²) < 4.78 is 5.42. The molecule has 7 aromatic carbocycles. The Bertz CT molecular complexity index is 3310. The number of hydrogen-bond acceptors (Lipinski definition) is 0. The van der Waals surface area contributed by atoms with Crippen molar-refractivity contribution in [2.24, 2.45) is 0 Å². The van der Waals surface area contributed by atoms with E-state index < -0.39 is 0 Å². The summed E-state index contributed by atoms with van der Waals surface area (Å²) in [6, 6.07) is 40.7. The Kier molecular flexibility index (Phi) is 7.33. The van der Waals surface area contributed by atoms with Crippen LogP contribution in [0.2, 0.25) is 0 Å². The molecule has 0 fully saturated rings. The smallest absolute Gasteiger partial charge is 0.333 e. The van der Waals surface area contributed by atoms with Gasteiger partial charge in [-0.2, -0.15) is 0 Å². The van der Waals surface area contributed by atoms with Crippen LogP contribution in [0.3, 0.4) is 0 Å². The van der Waals surface area contributed by atoms with Gasteiger partial charge in [-0.15, -0.1) is 0 Å². The van der Waals surface area contributed by atoms with E-state index in [1.165, 1.54) is 138 Å². The van der Waals surface area contributed by atoms with Gasteiger partial charge >= 0.3 is 6.85 Å². The maximum absolute atomic E-state index is 2.76. The van der Waals surface area contributed by atoms with Crippen molar-refractivity contribution in [3.8, 4) is 39.1 Å². The predicted octanol–water partition coefficient (Wildman–Crippen LogP) is 13.6. The van der Waals surface area contributed by atoms with Crippen molar-refractivity contribution in [2.75, 3.05) is 0 Å². The third-order valence-electron chi connectivity index (χ3n) is 14.1. The largest absolute Gasteiger partial charge is 0.375 e. The lowest BCUT2D eigenvalue weighted by Crippen LogP contribution is -2.56. The quantitative estimate of drug-likeness (QED) is 0.155. The van der Waals surface area contributed by atoms with Crippen LogP contribution in [-0.4, -0.2) is 15.9 Å². The lowest BCUT2D eigenvalue weighted by Gasteiger charge is -2.36. The number of fused-ring (bicyclic) bond motifs is 10. The van der Waals surface area contributed by atoms with E-state index >= 15 is 0 Å². The van der Waals surface area contributed by atoms with Gasteiger partial charge in [0, 0.05) is 43.8 Å². The molecule has 4 heterocycles. The van der Waals surface area contributed by atoms with E-state index in [0.29, 0.717) is 0 Å². The van der Waals surface area contributed by atoms with Crippen LogP contribution in [0.15, 0.2) is 103 Å². The molecule has 0 N–H and O–H groups in total. The van der Waals surface area contributed by atoms with Crippen molar-refractivity contribution in [1.82, 2.24) is 9.05 Å². The molecule has 0 radical (unpaired) electrons. The second-order valence-corrected chi connectivity index (χ2v) is 20.1. The summed E-state index contributed by atoms with van der Waals surface area (Å²) in [7, 11) is 0. The Morgan fingerprint density at radius 1 is 0.441 bits per heavy atom. The predicted molar refractivity (Wildman–Crippen MR) is 256 cm³/mol. The molecule has 3 heteroatoms. The van der Waals surface area contributed by atoms with Gasteiger partial charge in [0.05, 0.1) is 11.0 Å². The van der Waals surface area contributed by atoms with E-state index in [0.717, 1.165) is 0 Å². The molecule has 0 amide bonds. The number of hydrogen-bond donors (Lipinski definition) is 0. The first-order chi connectivity index (χ1) is 28.0. The molecule has 0 unspecified atom stereocenters. The molecule has 2 aliphatic heterocycles. The maximum atomic E-state index is 2.76. The fraction of sp³-hybridized carbons (Fsp3) is 0.250. The molecule has 11 rings (SSSR count). The van der Waals surface area contributed by atoms with Crippen LogP contribution in [0, 0.1) is 41.5 Å². The summed E-state index contributed by atoms with van der Waals surface area (Å²) in [5, 5.41) is 5.37. The lowest BCUT2D eigenvalue weighted by molar-refractivity contribution is 0.590. The summed E-state index contributed by atoms with van der Waals surface area (Å²) in [5.74, 6) is 0. The molecule has 9 aromatic rings. The second-order valence-electron chi connectivity index (χ2n) is 20.1. The summed E-state index contributed by atoms with van der Waals surface area (Å²) in [6.45, 7) is 27.9. The van der Waals surface area contributed by atoms with Gasteiger partial charge in [-0.3, -0.25) is 0 Å². The average Bonchev–Trinajstić information content (AvgIpc) is 3.67. The van der Waals surface area contributed by atoms with Crippen LogP contribution in [0.25, 0.3) is 82.7 Å². The molecule has 0 saturated heterocycles. The topological polar surface area (TPSA) is 9.86 Å². The highest BCUT2D eigenvalue weighted by atomic mass is 15.0. The van der Waals surface area contributed by atoms with Crippen molar-refractivity contribution >= 4 is 61.4 Å². The standard InChI is InChI=1S/C56H53BN2/c1-30-15-13-16-31(2)48(30)36-19-21-47-40(24-36)42-25-37(49-32(3)17-14-18-33(49)4)26-44-50-34(5)23-35(6)52-51(50)57(59(47)53(42)44)45-29-39(56(10,11)12)28-43-41-27-38(55(7,8)9)20-22-46(41)58(52)54(43)45/h13-29H,1-12H3. The van der Waals surface area contributed by atoms with Gasteiger partial charge in [-0.25, -0.2) is 0 Å². The van der Waals surface area contributed by atoms with Gasteiger partial charge in [-0.1, -0.05) is 102 Å². The molecule has 2 aromatic heterocycles. The summed E-state index contributed by atoms with van der Waals surface area (Å²) >= 11 is 0. The van der Waals surface area contributed by atoms with E-state index in [9.17, 15) is 0 Å². The first kappa shape index (κ1) is 36.3. The van der Waals surface area contributed by atoms with E-state index in [1.54, 1.807) is 0 Å². The van der Waals surface area contributed by atoms with Crippen LogP contribution >= 0.6 is 0 Å². The third-order valence-corrected chi connectivity index (χ3v) is 14.1. The molecule has 0 saturated carbocycles. The molecule has 2 aliphatic rings. The number of nitrogens with zero attached hydrogens (tertiary/aromatic N) is 2. The molecule has 0 bridgehead atoms. The fourth-order valence-electron chi connectivity index (χ4n) is 11.4. The zero-order valence-corrected chi connectivity index (χ0v) is 36.8. The lowest BCUT2D eigenvalue weighted by atomic mass is 9.44. The number of aryl methyl sites for hydroxylation is 6. The highest BCUT2D eigenvalue weighted by Gasteiger charge is 2.43. The van der Waals surface area contributed by atoms with Gasteiger partial charge in [0.15, 0.2) is 0 Å². The Morgan fingerprint density at radius 2 is 1.00 bits per heavy atom.